The predicted octanol–water partition coefficient (Wildman–Crippen LogP) is 1.27. The van der Waals surface area contributed by atoms with Crippen LogP contribution in [-0.4, -0.2) is 53.7 Å². The number of aromatic nitrogens is 2. The third-order valence-corrected chi connectivity index (χ3v) is 3.91. The summed E-state index contributed by atoms with van der Waals surface area (Å²) in [6, 6.07) is 9.03. The molecule has 2 amide bonds. The summed E-state index contributed by atoms with van der Waals surface area (Å²) in [5, 5.41) is 6.89. The van der Waals surface area contributed by atoms with Crippen LogP contribution in [0.2, 0.25) is 0 Å². The van der Waals surface area contributed by atoms with Gasteiger partial charge in [-0.25, -0.2) is 0 Å². The Bertz CT molecular complexity index is 700. The molecule has 0 saturated carbocycles. The highest BCUT2D eigenvalue weighted by atomic mass is 16.5. The monoisotopic (exact) mass is 344 g/mol. The van der Waals surface area contributed by atoms with Crippen LogP contribution < -0.4 is 10.1 Å². The van der Waals surface area contributed by atoms with Gasteiger partial charge in [0.2, 0.25) is 11.8 Å². The van der Waals surface area contributed by atoms with E-state index < -0.39 is 6.04 Å². The van der Waals surface area contributed by atoms with Gasteiger partial charge in [0.15, 0.2) is 0 Å². The van der Waals surface area contributed by atoms with Gasteiger partial charge in [-0.15, -0.1) is 0 Å². The fourth-order valence-electron chi connectivity index (χ4n) is 2.47. The number of rotatable bonds is 8. The Hall–Kier alpha value is -2.83. The second-order valence-electron chi connectivity index (χ2n) is 5.81. The molecule has 0 aliphatic rings. The van der Waals surface area contributed by atoms with Crippen LogP contribution >= 0.6 is 0 Å². The fraction of sp³-hybridized carbons (Fsp3) is 0.389. The molecule has 0 aliphatic heterocycles. The van der Waals surface area contributed by atoms with Crippen LogP contribution in [0.1, 0.15) is 18.5 Å². The van der Waals surface area contributed by atoms with Gasteiger partial charge >= 0.3 is 0 Å². The molecular weight excluding hydrogens is 320 g/mol. The highest BCUT2D eigenvalue weighted by Gasteiger charge is 2.20. The van der Waals surface area contributed by atoms with Crippen LogP contribution in [0.25, 0.3) is 0 Å². The summed E-state index contributed by atoms with van der Waals surface area (Å²) in [4.78, 5) is 25.8. The Balaban J connectivity index is 1.76. The zero-order chi connectivity index (χ0) is 18.2. The number of likely N-dealkylation sites (N-methyl/N-ethyl adjacent to an activating group) is 1. The summed E-state index contributed by atoms with van der Waals surface area (Å²) in [6.45, 7) is 2.28. The van der Waals surface area contributed by atoms with Crippen molar-refractivity contribution in [2.75, 3.05) is 27.2 Å². The van der Waals surface area contributed by atoms with Crippen LogP contribution in [0, 0.1) is 0 Å². The molecule has 1 unspecified atom stereocenters. The Kier molecular flexibility index (Phi) is 6.56. The molecular formula is C18H24N4O3. The number of benzene rings is 1. The van der Waals surface area contributed by atoms with E-state index in [0.717, 1.165) is 11.3 Å². The molecule has 2 rings (SSSR count). The number of nitrogens with zero attached hydrogens (tertiary/aromatic N) is 3. The van der Waals surface area contributed by atoms with Gasteiger partial charge in [0.05, 0.1) is 13.7 Å². The van der Waals surface area contributed by atoms with Gasteiger partial charge in [0.25, 0.3) is 0 Å². The van der Waals surface area contributed by atoms with E-state index in [1.54, 1.807) is 44.2 Å². The van der Waals surface area contributed by atoms with E-state index in [9.17, 15) is 9.59 Å². The summed E-state index contributed by atoms with van der Waals surface area (Å²) in [5.74, 6) is 0.444. The van der Waals surface area contributed by atoms with Crippen molar-refractivity contribution in [3.8, 4) is 5.75 Å². The lowest BCUT2D eigenvalue weighted by Gasteiger charge is -2.21. The van der Waals surface area contributed by atoms with Gasteiger partial charge in [-0.1, -0.05) is 12.1 Å². The van der Waals surface area contributed by atoms with E-state index in [4.69, 9.17) is 4.74 Å². The van der Waals surface area contributed by atoms with Crippen LogP contribution in [-0.2, 0) is 16.0 Å². The van der Waals surface area contributed by atoms with Gasteiger partial charge in [0.1, 0.15) is 11.8 Å². The predicted molar refractivity (Wildman–Crippen MR) is 94.3 cm³/mol. The van der Waals surface area contributed by atoms with Crippen LogP contribution in [0.4, 0.5) is 0 Å². The molecule has 0 fully saturated rings. The van der Waals surface area contributed by atoms with Crippen molar-refractivity contribution >= 4 is 11.8 Å². The first-order valence-corrected chi connectivity index (χ1v) is 8.15. The average Bonchev–Trinajstić information content (AvgIpc) is 3.15. The molecule has 1 aromatic heterocycles. The van der Waals surface area contributed by atoms with Gasteiger partial charge in [-0.2, -0.15) is 5.10 Å². The van der Waals surface area contributed by atoms with Crippen molar-refractivity contribution in [1.29, 1.82) is 0 Å². The summed E-state index contributed by atoms with van der Waals surface area (Å²) in [5.41, 5.74) is 1.08. The van der Waals surface area contributed by atoms with Crippen LogP contribution in [0.5, 0.6) is 5.75 Å². The summed E-state index contributed by atoms with van der Waals surface area (Å²) in [7, 11) is 3.24. The molecule has 7 nitrogen and oxygen atoms in total. The van der Waals surface area contributed by atoms with Gasteiger partial charge in [-0.3, -0.25) is 14.3 Å². The van der Waals surface area contributed by atoms with Crippen LogP contribution in [0.3, 0.4) is 0 Å². The maximum absolute atomic E-state index is 12.3. The fourth-order valence-corrected chi connectivity index (χ4v) is 2.47. The summed E-state index contributed by atoms with van der Waals surface area (Å²) < 4.78 is 6.74. The standard InChI is InChI=1S/C18H24N4O3/c1-14(22-11-5-9-20-22)18(24)21(2)13-17(23)19-10-8-15-6-4-7-16(12-15)25-3/h4-7,9,11-12,14H,8,10,13H2,1-3H3,(H,19,23). The molecule has 134 valence electrons. The van der Waals surface area contributed by atoms with Gasteiger partial charge in [0, 0.05) is 26.0 Å². The van der Waals surface area contributed by atoms with Crippen molar-refractivity contribution in [1.82, 2.24) is 20.0 Å². The van der Waals surface area contributed by atoms with E-state index in [0.29, 0.717) is 13.0 Å². The van der Waals surface area contributed by atoms with Crippen molar-refractivity contribution in [3.63, 3.8) is 0 Å². The number of hydrogen-bond acceptors (Lipinski definition) is 4. The van der Waals surface area contributed by atoms with Gasteiger partial charge < -0.3 is 15.0 Å². The lowest BCUT2D eigenvalue weighted by molar-refractivity contribution is -0.137. The number of hydrogen-bond donors (Lipinski definition) is 1. The normalized spacial score (nSPS) is 11.6. The van der Waals surface area contributed by atoms with Crippen molar-refractivity contribution in [3.05, 3.63) is 48.3 Å². The molecule has 0 spiro atoms. The largest absolute Gasteiger partial charge is 0.497 e. The maximum Gasteiger partial charge on any atom is 0.247 e. The number of carbonyl (C=O) groups is 2. The minimum atomic E-state index is -0.440. The Morgan fingerprint density at radius 2 is 2.16 bits per heavy atom. The van der Waals surface area contributed by atoms with E-state index in [-0.39, 0.29) is 18.4 Å². The first-order chi connectivity index (χ1) is 12.0. The molecule has 25 heavy (non-hydrogen) atoms. The summed E-state index contributed by atoms with van der Waals surface area (Å²) >= 11 is 0. The number of carbonyl (C=O) groups excluding carboxylic acids is 2. The third kappa shape index (κ3) is 5.34. The zero-order valence-corrected chi connectivity index (χ0v) is 14.8. The second-order valence-corrected chi connectivity index (χ2v) is 5.81. The molecule has 0 aliphatic carbocycles. The molecule has 7 heteroatoms. The maximum atomic E-state index is 12.3. The lowest BCUT2D eigenvalue weighted by atomic mass is 10.1. The molecule has 1 heterocycles. The topological polar surface area (TPSA) is 76.5 Å². The molecule has 0 radical (unpaired) electrons. The van der Waals surface area contributed by atoms with E-state index >= 15 is 0 Å². The number of nitrogens with one attached hydrogen (secondary N) is 1. The van der Waals surface area contributed by atoms with E-state index in [1.807, 2.05) is 24.3 Å². The minimum Gasteiger partial charge on any atom is -0.497 e. The number of ether oxygens (including phenoxy) is 1. The smallest absolute Gasteiger partial charge is 0.247 e. The Morgan fingerprint density at radius 1 is 1.36 bits per heavy atom. The third-order valence-electron chi connectivity index (χ3n) is 3.91. The highest BCUT2D eigenvalue weighted by Crippen LogP contribution is 2.12. The average molecular weight is 344 g/mol. The molecule has 2 aromatic rings. The Morgan fingerprint density at radius 3 is 2.84 bits per heavy atom. The molecule has 0 saturated heterocycles. The highest BCUT2D eigenvalue weighted by molar-refractivity contribution is 5.86. The molecule has 1 N–H and O–H groups in total. The number of methoxy groups -OCH3 is 1. The lowest BCUT2D eigenvalue weighted by Crippen LogP contribution is -2.41. The molecule has 0 bridgehead atoms. The summed E-state index contributed by atoms with van der Waals surface area (Å²) in [6.07, 6.45) is 4.05. The van der Waals surface area contributed by atoms with E-state index in [1.165, 1.54) is 4.90 Å². The van der Waals surface area contributed by atoms with Crippen molar-refractivity contribution < 1.29 is 14.3 Å². The number of amides is 2. The SMILES string of the molecule is COc1cccc(CCNC(=O)CN(C)C(=O)C(C)n2cccn2)c1. The zero-order valence-electron chi connectivity index (χ0n) is 14.8. The minimum absolute atomic E-state index is 0.0164. The molecule has 1 aromatic carbocycles. The van der Waals surface area contributed by atoms with Crippen molar-refractivity contribution in [2.24, 2.45) is 0 Å². The van der Waals surface area contributed by atoms with Crippen molar-refractivity contribution in [2.45, 2.75) is 19.4 Å². The Labute approximate surface area is 147 Å². The van der Waals surface area contributed by atoms with Gasteiger partial charge in [-0.05, 0) is 37.1 Å². The second kappa shape index (κ2) is 8.86. The van der Waals surface area contributed by atoms with E-state index in [2.05, 4.69) is 10.4 Å². The molecule has 1 atom stereocenters. The van der Waals surface area contributed by atoms with Crippen LogP contribution in [0.15, 0.2) is 42.7 Å². The first-order valence-electron chi connectivity index (χ1n) is 8.15. The quantitative estimate of drug-likeness (QED) is 0.782. The first kappa shape index (κ1) is 18.5.